The van der Waals surface area contributed by atoms with Crippen LogP contribution in [0.5, 0.6) is 0 Å². The maximum Gasteiger partial charge on any atom is 0.132 e. The summed E-state index contributed by atoms with van der Waals surface area (Å²) in [7, 11) is 0. The third kappa shape index (κ3) is 3.14. The van der Waals surface area contributed by atoms with Gasteiger partial charge in [-0.3, -0.25) is 0 Å². The van der Waals surface area contributed by atoms with E-state index in [1.54, 1.807) is 12.1 Å². The molecule has 0 amide bonds. The lowest BCUT2D eigenvalue weighted by Gasteiger charge is -2.09. The average molecular weight is 310 g/mol. The molecule has 20 heavy (non-hydrogen) atoms. The first-order valence-electron chi connectivity index (χ1n) is 6.61. The van der Waals surface area contributed by atoms with Crippen LogP contribution in [0.4, 0.5) is 4.39 Å². The van der Waals surface area contributed by atoms with Gasteiger partial charge in [0.05, 0.1) is 0 Å². The molecule has 1 saturated carbocycles. The van der Waals surface area contributed by atoms with E-state index in [0.717, 1.165) is 12.1 Å². The lowest BCUT2D eigenvalue weighted by atomic mass is 10.0. The molecule has 0 atom stereocenters. The minimum Gasteiger partial charge on any atom is -0.310 e. The number of nitrogens with one attached hydrogen (secondary N) is 1. The SMILES string of the molecule is Fc1cc(Cl)ccc1-c1ccc(CNC2CC2)cc1Cl. The van der Waals surface area contributed by atoms with Crippen molar-refractivity contribution in [2.75, 3.05) is 0 Å². The van der Waals surface area contributed by atoms with Crippen molar-refractivity contribution in [1.29, 1.82) is 0 Å². The van der Waals surface area contributed by atoms with Crippen molar-refractivity contribution in [2.24, 2.45) is 0 Å². The van der Waals surface area contributed by atoms with Crippen molar-refractivity contribution in [2.45, 2.75) is 25.4 Å². The summed E-state index contributed by atoms with van der Waals surface area (Å²) >= 11 is 12.0. The van der Waals surface area contributed by atoms with Gasteiger partial charge in [-0.15, -0.1) is 0 Å². The van der Waals surface area contributed by atoms with Crippen molar-refractivity contribution in [3.05, 3.63) is 57.8 Å². The van der Waals surface area contributed by atoms with Crippen molar-refractivity contribution in [1.82, 2.24) is 5.32 Å². The topological polar surface area (TPSA) is 12.0 Å². The van der Waals surface area contributed by atoms with Crippen LogP contribution < -0.4 is 5.32 Å². The molecule has 3 rings (SSSR count). The Morgan fingerprint density at radius 2 is 1.80 bits per heavy atom. The predicted molar refractivity (Wildman–Crippen MR) is 81.7 cm³/mol. The van der Waals surface area contributed by atoms with Crippen LogP contribution in [0.15, 0.2) is 36.4 Å². The molecule has 1 fully saturated rings. The summed E-state index contributed by atoms with van der Waals surface area (Å²) < 4.78 is 13.9. The fourth-order valence-electron chi connectivity index (χ4n) is 2.14. The highest BCUT2D eigenvalue weighted by molar-refractivity contribution is 6.33. The Morgan fingerprint density at radius 1 is 1.05 bits per heavy atom. The Balaban J connectivity index is 1.85. The van der Waals surface area contributed by atoms with Gasteiger partial charge in [0, 0.05) is 33.8 Å². The Labute approximate surface area is 127 Å². The molecule has 1 aliphatic rings. The zero-order valence-electron chi connectivity index (χ0n) is 10.8. The van der Waals surface area contributed by atoms with Gasteiger partial charge in [0.25, 0.3) is 0 Å². The van der Waals surface area contributed by atoms with Gasteiger partial charge in [-0.05, 0) is 42.7 Å². The first-order valence-corrected chi connectivity index (χ1v) is 7.36. The van der Waals surface area contributed by atoms with Gasteiger partial charge in [-0.1, -0.05) is 35.3 Å². The average Bonchev–Trinajstić information content (AvgIpc) is 3.22. The summed E-state index contributed by atoms with van der Waals surface area (Å²) in [5.74, 6) is -0.358. The molecule has 0 spiro atoms. The third-order valence-corrected chi connectivity index (χ3v) is 3.97. The molecule has 1 aliphatic carbocycles. The van der Waals surface area contributed by atoms with E-state index < -0.39 is 0 Å². The fraction of sp³-hybridized carbons (Fsp3) is 0.250. The Hall–Kier alpha value is -1.09. The van der Waals surface area contributed by atoms with Gasteiger partial charge < -0.3 is 5.32 Å². The highest BCUT2D eigenvalue weighted by Crippen LogP contribution is 2.32. The van der Waals surface area contributed by atoms with Gasteiger partial charge in [0.15, 0.2) is 0 Å². The lowest BCUT2D eigenvalue weighted by Crippen LogP contribution is -2.15. The number of benzene rings is 2. The number of hydrogen-bond donors (Lipinski definition) is 1. The van der Waals surface area contributed by atoms with Crippen molar-refractivity contribution < 1.29 is 4.39 Å². The highest BCUT2D eigenvalue weighted by Gasteiger charge is 2.20. The van der Waals surface area contributed by atoms with Crippen LogP contribution in [0.3, 0.4) is 0 Å². The smallest absolute Gasteiger partial charge is 0.132 e. The molecule has 0 radical (unpaired) electrons. The lowest BCUT2D eigenvalue weighted by molar-refractivity contribution is 0.631. The summed E-state index contributed by atoms with van der Waals surface area (Å²) in [6, 6.07) is 11.0. The van der Waals surface area contributed by atoms with Crippen LogP contribution >= 0.6 is 23.2 Å². The zero-order chi connectivity index (χ0) is 14.1. The van der Waals surface area contributed by atoms with E-state index in [4.69, 9.17) is 23.2 Å². The summed E-state index contributed by atoms with van der Waals surface area (Å²) in [5, 5.41) is 4.37. The summed E-state index contributed by atoms with van der Waals surface area (Å²) in [6.07, 6.45) is 2.50. The summed E-state index contributed by atoms with van der Waals surface area (Å²) in [6.45, 7) is 0.799. The molecule has 0 saturated heterocycles. The van der Waals surface area contributed by atoms with E-state index in [1.165, 1.54) is 18.9 Å². The monoisotopic (exact) mass is 309 g/mol. The maximum atomic E-state index is 13.9. The standard InChI is InChI=1S/C16H14Cl2FN/c17-11-2-6-14(16(19)8-11)13-5-1-10(7-15(13)18)9-20-12-3-4-12/h1-2,5-8,12,20H,3-4,9H2. The van der Waals surface area contributed by atoms with Crippen molar-refractivity contribution >= 4 is 23.2 Å². The van der Waals surface area contributed by atoms with Gasteiger partial charge in [0.1, 0.15) is 5.82 Å². The van der Waals surface area contributed by atoms with E-state index in [9.17, 15) is 4.39 Å². The Kier molecular flexibility index (Phi) is 3.97. The molecular formula is C16H14Cl2FN. The minimum absolute atomic E-state index is 0.358. The van der Waals surface area contributed by atoms with Gasteiger partial charge >= 0.3 is 0 Å². The molecule has 104 valence electrons. The second-order valence-corrected chi connectivity index (χ2v) is 5.94. The normalized spacial score (nSPS) is 14.6. The Bertz CT molecular complexity index is 638. The first-order chi connectivity index (χ1) is 9.63. The quantitative estimate of drug-likeness (QED) is 0.833. The van der Waals surface area contributed by atoms with Gasteiger partial charge in [-0.25, -0.2) is 4.39 Å². The van der Waals surface area contributed by atoms with Crippen LogP contribution in [0.1, 0.15) is 18.4 Å². The highest BCUT2D eigenvalue weighted by atomic mass is 35.5. The molecule has 0 aliphatic heterocycles. The summed E-state index contributed by atoms with van der Waals surface area (Å²) in [5.41, 5.74) is 2.28. The molecule has 2 aromatic rings. The third-order valence-electron chi connectivity index (χ3n) is 3.43. The molecule has 2 aromatic carbocycles. The fourth-order valence-corrected chi connectivity index (χ4v) is 2.61. The first kappa shape index (κ1) is 13.9. The van der Waals surface area contributed by atoms with E-state index in [0.29, 0.717) is 27.2 Å². The summed E-state index contributed by atoms with van der Waals surface area (Å²) in [4.78, 5) is 0. The molecule has 0 aromatic heterocycles. The Morgan fingerprint density at radius 3 is 2.45 bits per heavy atom. The molecule has 0 heterocycles. The van der Waals surface area contributed by atoms with Gasteiger partial charge in [0.2, 0.25) is 0 Å². The van der Waals surface area contributed by atoms with E-state index in [1.807, 2.05) is 18.2 Å². The number of halogens is 3. The van der Waals surface area contributed by atoms with Crippen LogP contribution in [-0.4, -0.2) is 6.04 Å². The van der Waals surface area contributed by atoms with Crippen molar-refractivity contribution in [3.63, 3.8) is 0 Å². The van der Waals surface area contributed by atoms with Crippen molar-refractivity contribution in [3.8, 4) is 11.1 Å². The van der Waals surface area contributed by atoms with E-state index in [2.05, 4.69) is 5.32 Å². The molecule has 4 heteroatoms. The second-order valence-electron chi connectivity index (χ2n) is 5.09. The van der Waals surface area contributed by atoms with Crippen LogP contribution in [0.25, 0.3) is 11.1 Å². The number of hydrogen-bond acceptors (Lipinski definition) is 1. The predicted octanol–water partition coefficient (Wildman–Crippen LogP) is 5.05. The molecule has 1 N–H and O–H groups in total. The van der Waals surface area contributed by atoms with E-state index >= 15 is 0 Å². The molecule has 0 unspecified atom stereocenters. The largest absolute Gasteiger partial charge is 0.310 e. The molecule has 0 bridgehead atoms. The molecule has 1 nitrogen and oxygen atoms in total. The maximum absolute atomic E-state index is 13.9. The number of rotatable bonds is 4. The second kappa shape index (κ2) is 5.72. The van der Waals surface area contributed by atoms with Gasteiger partial charge in [-0.2, -0.15) is 0 Å². The van der Waals surface area contributed by atoms with Crippen LogP contribution in [0, 0.1) is 5.82 Å². The van der Waals surface area contributed by atoms with Crippen LogP contribution in [-0.2, 0) is 6.54 Å². The van der Waals surface area contributed by atoms with Crippen LogP contribution in [0.2, 0.25) is 10.0 Å². The minimum atomic E-state index is -0.358. The molecular weight excluding hydrogens is 296 g/mol. The van der Waals surface area contributed by atoms with E-state index in [-0.39, 0.29) is 5.82 Å². The zero-order valence-corrected chi connectivity index (χ0v) is 12.3.